The highest BCUT2D eigenvalue weighted by Crippen LogP contribution is 2.05. The molecule has 0 saturated heterocycles. The van der Waals surface area contributed by atoms with Crippen molar-refractivity contribution in [2.45, 2.75) is 6.54 Å². The Morgan fingerprint density at radius 1 is 1.44 bits per heavy atom. The van der Waals surface area contributed by atoms with E-state index in [0.29, 0.717) is 5.56 Å². The maximum Gasteiger partial charge on any atom is 0.226 e. The van der Waals surface area contributed by atoms with Crippen LogP contribution in [0.15, 0.2) is 6.20 Å². The smallest absolute Gasteiger partial charge is 0.226 e. The second-order valence-electron chi connectivity index (χ2n) is 3.29. The normalized spacial score (nSPS) is 12.8. The quantitative estimate of drug-likeness (QED) is 0.589. The van der Waals surface area contributed by atoms with Crippen LogP contribution in [0.5, 0.6) is 0 Å². The largest absolute Gasteiger partial charge is 0.384 e. The van der Waals surface area contributed by atoms with Gasteiger partial charge in [0, 0.05) is 18.4 Å². The van der Waals surface area contributed by atoms with Crippen LogP contribution in [0.2, 0.25) is 0 Å². The lowest BCUT2D eigenvalue weighted by molar-refractivity contribution is 0.581. The summed E-state index contributed by atoms with van der Waals surface area (Å²) in [6, 6.07) is 0. The molecular weight excluding hydrogens is 256 g/mol. The van der Waals surface area contributed by atoms with Crippen molar-refractivity contribution in [3.05, 3.63) is 11.8 Å². The van der Waals surface area contributed by atoms with Gasteiger partial charge in [-0.05, 0) is 0 Å². The van der Waals surface area contributed by atoms with Crippen molar-refractivity contribution >= 4 is 25.7 Å². The minimum Gasteiger partial charge on any atom is -0.384 e. The van der Waals surface area contributed by atoms with Gasteiger partial charge >= 0.3 is 0 Å². The molecular formula is C6H12N4O4S2. The van der Waals surface area contributed by atoms with Crippen molar-refractivity contribution in [2.75, 3.05) is 17.1 Å². The van der Waals surface area contributed by atoms with E-state index < -0.39 is 24.9 Å². The molecule has 10 heteroatoms. The maximum atomic E-state index is 11.3. The molecule has 0 spiro atoms. The first-order valence-corrected chi connectivity index (χ1v) is 7.84. The number of sulfonamides is 1. The molecule has 0 fully saturated rings. The number of H-pyrrole nitrogens is 1. The van der Waals surface area contributed by atoms with Gasteiger partial charge in [-0.25, -0.2) is 21.6 Å². The van der Waals surface area contributed by atoms with Crippen molar-refractivity contribution in [3.63, 3.8) is 0 Å². The van der Waals surface area contributed by atoms with Gasteiger partial charge in [-0.3, -0.25) is 5.10 Å². The van der Waals surface area contributed by atoms with E-state index in [-0.39, 0.29) is 12.4 Å². The molecule has 0 atom stereocenters. The van der Waals surface area contributed by atoms with E-state index in [1.165, 1.54) is 6.20 Å². The molecule has 1 rings (SSSR count). The van der Waals surface area contributed by atoms with Crippen LogP contribution in [0.25, 0.3) is 0 Å². The number of rotatable bonds is 5. The molecule has 1 aromatic rings. The monoisotopic (exact) mass is 268 g/mol. The fourth-order valence-electron chi connectivity index (χ4n) is 0.973. The van der Waals surface area contributed by atoms with Gasteiger partial charge in [0.2, 0.25) is 10.0 Å². The summed E-state index contributed by atoms with van der Waals surface area (Å²) in [7, 11) is -7.46. The summed E-state index contributed by atoms with van der Waals surface area (Å²) in [4.78, 5) is 0. The van der Waals surface area contributed by atoms with Gasteiger partial charge < -0.3 is 5.73 Å². The molecule has 0 saturated carbocycles. The number of nitrogens with one attached hydrogen (secondary N) is 2. The third kappa shape index (κ3) is 4.16. The van der Waals surface area contributed by atoms with Crippen molar-refractivity contribution in [3.8, 4) is 0 Å². The van der Waals surface area contributed by atoms with Crippen LogP contribution >= 0.6 is 0 Å². The Hall–Kier alpha value is -1.13. The van der Waals surface area contributed by atoms with Gasteiger partial charge in [0.25, 0.3) is 0 Å². The number of hydrogen-bond donors (Lipinski definition) is 3. The molecule has 0 aliphatic heterocycles. The van der Waals surface area contributed by atoms with Crippen LogP contribution in [0, 0.1) is 0 Å². The van der Waals surface area contributed by atoms with E-state index in [1.807, 2.05) is 0 Å². The first kappa shape index (κ1) is 12.9. The van der Waals surface area contributed by atoms with Crippen LogP contribution in [0.3, 0.4) is 0 Å². The summed E-state index contributed by atoms with van der Waals surface area (Å²) in [5.74, 6) is 0.238. The van der Waals surface area contributed by atoms with Gasteiger partial charge in [-0.1, -0.05) is 0 Å². The lowest BCUT2D eigenvalue weighted by Gasteiger charge is -2.04. The van der Waals surface area contributed by atoms with Crippen molar-refractivity contribution < 1.29 is 16.8 Å². The summed E-state index contributed by atoms with van der Waals surface area (Å²) < 4.78 is 46.3. The molecule has 0 amide bonds. The van der Waals surface area contributed by atoms with Crippen LogP contribution in [-0.2, 0) is 26.4 Å². The minimum absolute atomic E-state index is 0.0970. The zero-order chi connectivity index (χ0) is 12.4. The molecule has 8 nitrogen and oxygen atoms in total. The number of nitrogens with zero attached hydrogens (tertiary/aromatic N) is 1. The van der Waals surface area contributed by atoms with Crippen LogP contribution in [0.1, 0.15) is 5.56 Å². The lowest BCUT2D eigenvalue weighted by atomic mass is 10.3. The highest BCUT2D eigenvalue weighted by Gasteiger charge is 2.18. The Kier molecular flexibility index (Phi) is 3.55. The molecule has 0 aromatic carbocycles. The van der Waals surface area contributed by atoms with Crippen molar-refractivity contribution in [2.24, 2.45) is 0 Å². The molecule has 4 N–H and O–H groups in total. The summed E-state index contributed by atoms with van der Waals surface area (Å²) in [5.41, 5.74) is 5.88. The van der Waals surface area contributed by atoms with Gasteiger partial charge in [-0.15, -0.1) is 0 Å². The molecule has 0 aliphatic carbocycles. The number of aromatic nitrogens is 2. The zero-order valence-electron chi connectivity index (χ0n) is 8.47. The Balaban J connectivity index is 2.66. The first-order chi connectivity index (χ1) is 7.20. The first-order valence-electron chi connectivity index (χ1n) is 4.12. The highest BCUT2D eigenvalue weighted by molar-refractivity contribution is 8.06. The molecule has 0 aliphatic rings. The topological polar surface area (TPSA) is 135 Å². The summed E-state index contributed by atoms with van der Waals surface area (Å²) >= 11 is 0. The van der Waals surface area contributed by atoms with Crippen LogP contribution in [-0.4, -0.2) is 38.4 Å². The molecule has 0 bridgehead atoms. The molecule has 1 heterocycles. The average Bonchev–Trinajstić information content (AvgIpc) is 2.43. The molecule has 16 heavy (non-hydrogen) atoms. The van der Waals surface area contributed by atoms with Crippen LogP contribution in [0.4, 0.5) is 5.82 Å². The van der Waals surface area contributed by atoms with E-state index in [4.69, 9.17) is 5.73 Å². The molecule has 0 unspecified atom stereocenters. The van der Waals surface area contributed by atoms with Crippen molar-refractivity contribution in [1.82, 2.24) is 14.9 Å². The number of anilines is 1. The Labute approximate surface area is 93.2 Å². The number of hydrogen-bond acceptors (Lipinski definition) is 6. The third-order valence-corrected chi connectivity index (χ3v) is 5.14. The maximum absolute atomic E-state index is 11.3. The average molecular weight is 268 g/mol. The molecule has 0 radical (unpaired) electrons. The fourth-order valence-corrected chi connectivity index (χ4v) is 3.94. The van der Waals surface area contributed by atoms with Gasteiger partial charge in [0.05, 0.1) is 6.20 Å². The van der Waals surface area contributed by atoms with E-state index in [9.17, 15) is 16.8 Å². The minimum atomic E-state index is -3.87. The van der Waals surface area contributed by atoms with Crippen molar-refractivity contribution in [1.29, 1.82) is 0 Å². The summed E-state index contributed by atoms with van der Waals surface area (Å²) in [5, 5.41) is 5.08. The summed E-state index contributed by atoms with van der Waals surface area (Å²) in [6.07, 6.45) is 2.21. The number of nitrogens with two attached hydrogens (primary N) is 1. The number of sulfone groups is 1. The van der Waals surface area contributed by atoms with Crippen LogP contribution < -0.4 is 10.5 Å². The molecule has 92 valence electrons. The van der Waals surface area contributed by atoms with Gasteiger partial charge in [0.1, 0.15) is 5.82 Å². The Bertz CT molecular complexity index is 559. The van der Waals surface area contributed by atoms with E-state index in [2.05, 4.69) is 14.9 Å². The molecule has 1 aromatic heterocycles. The van der Waals surface area contributed by atoms with E-state index >= 15 is 0 Å². The predicted molar refractivity (Wildman–Crippen MR) is 58.5 cm³/mol. The van der Waals surface area contributed by atoms with Gasteiger partial charge in [0.15, 0.2) is 14.9 Å². The second-order valence-corrected chi connectivity index (χ2v) is 7.60. The van der Waals surface area contributed by atoms with Gasteiger partial charge in [-0.2, -0.15) is 5.10 Å². The Morgan fingerprint density at radius 3 is 2.50 bits per heavy atom. The zero-order valence-corrected chi connectivity index (χ0v) is 10.1. The Morgan fingerprint density at radius 2 is 2.06 bits per heavy atom. The SMILES string of the molecule is CS(=O)(=O)CS(=O)(=O)NCc1cn[nH]c1N. The fraction of sp³-hybridized carbons (Fsp3) is 0.500. The lowest BCUT2D eigenvalue weighted by Crippen LogP contribution is -2.29. The second kappa shape index (κ2) is 4.39. The predicted octanol–water partition coefficient (Wildman–Crippen LogP) is -1.59. The standard InChI is InChI=1S/C6H12N4O4S2/c1-15(11,12)4-16(13,14)9-3-5-2-8-10-6(5)7/h2,9H,3-4H2,1H3,(H3,7,8,10). The van der Waals surface area contributed by atoms with E-state index in [0.717, 1.165) is 6.26 Å². The highest BCUT2D eigenvalue weighted by atomic mass is 32.3. The summed E-state index contributed by atoms with van der Waals surface area (Å²) in [6.45, 7) is -0.0970. The van der Waals surface area contributed by atoms with E-state index in [1.54, 1.807) is 0 Å². The number of nitrogen functional groups attached to an aromatic ring is 1. The third-order valence-electron chi connectivity index (χ3n) is 1.60. The number of aromatic amines is 1.